The van der Waals surface area contributed by atoms with Gasteiger partial charge in [-0.05, 0) is 38.1 Å². The van der Waals surface area contributed by atoms with E-state index >= 15 is 0 Å². The van der Waals surface area contributed by atoms with Gasteiger partial charge in [-0.15, -0.1) is 0 Å². The monoisotopic (exact) mass is 316 g/mol. The normalized spacial score (nSPS) is 9.35. The second-order valence-electron chi connectivity index (χ2n) is 4.37. The Morgan fingerprint density at radius 2 is 1.39 bits per heavy atom. The van der Waals surface area contributed by atoms with Gasteiger partial charge in [-0.1, -0.05) is 36.4 Å². The fraction of sp³-hybridized carbons (Fsp3) is 0.235. The zero-order chi connectivity index (χ0) is 16.9. The number of urea groups is 1. The third-order valence-corrected chi connectivity index (χ3v) is 2.78. The van der Waals surface area contributed by atoms with Gasteiger partial charge in [0.1, 0.15) is 0 Å². The SMILES string of the molecule is CCOCC.NNC(=O)NN(c1ccccc1)c1ccccc1. The third kappa shape index (κ3) is 6.82. The summed E-state index contributed by atoms with van der Waals surface area (Å²) in [6.45, 7) is 5.67. The number of para-hydroxylation sites is 2. The van der Waals surface area contributed by atoms with Crippen LogP contribution in [0.1, 0.15) is 13.8 Å². The number of hydrogen-bond acceptors (Lipinski definition) is 4. The minimum Gasteiger partial charge on any atom is -0.382 e. The van der Waals surface area contributed by atoms with Crippen LogP contribution in [0.4, 0.5) is 16.2 Å². The molecule has 23 heavy (non-hydrogen) atoms. The first-order chi connectivity index (χ1) is 11.2. The van der Waals surface area contributed by atoms with Crippen LogP contribution in [0.15, 0.2) is 60.7 Å². The van der Waals surface area contributed by atoms with E-state index in [9.17, 15) is 4.79 Å². The molecule has 2 rings (SSSR count). The summed E-state index contributed by atoms with van der Waals surface area (Å²) < 4.78 is 4.83. The molecule has 6 nitrogen and oxygen atoms in total. The van der Waals surface area contributed by atoms with E-state index in [1.165, 1.54) is 0 Å². The smallest absolute Gasteiger partial charge is 0.348 e. The first-order valence-electron chi connectivity index (χ1n) is 7.48. The van der Waals surface area contributed by atoms with Gasteiger partial charge in [0.2, 0.25) is 0 Å². The lowest BCUT2D eigenvalue weighted by Crippen LogP contribution is -2.47. The van der Waals surface area contributed by atoms with Crippen LogP contribution >= 0.6 is 0 Å². The van der Waals surface area contributed by atoms with Crippen molar-refractivity contribution in [1.82, 2.24) is 10.9 Å². The molecule has 0 aliphatic carbocycles. The summed E-state index contributed by atoms with van der Waals surface area (Å²) >= 11 is 0. The zero-order valence-electron chi connectivity index (χ0n) is 13.5. The van der Waals surface area contributed by atoms with E-state index in [4.69, 9.17) is 10.6 Å². The minimum absolute atomic E-state index is 0.484. The molecule has 0 spiro atoms. The van der Waals surface area contributed by atoms with Crippen molar-refractivity contribution in [2.45, 2.75) is 13.8 Å². The van der Waals surface area contributed by atoms with Crippen molar-refractivity contribution in [3.63, 3.8) is 0 Å². The Balaban J connectivity index is 0.000000463. The second-order valence-corrected chi connectivity index (χ2v) is 4.37. The second kappa shape index (κ2) is 11.1. The summed E-state index contributed by atoms with van der Waals surface area (Å²) in [6, 6.07) is 18.5. The molecule has 0 fully saturated rings. The van der Waals surface area contributed by atoms with Gasteiger partial charge < -0.3 is 4.74 Å². The molecule has 6 heteroatoms. The molecule has 0 saturated heterocycles. The predicted octanol–water partition coefficient (Wildman–Crippen LogP) is 2.96. The largest absolute Gasteiger partial charge is 0.382 e. The maximum Gasteiger partial charge on any atom is 0.348 e. The van der Waals surface area contributed by atoms with Gasteiger partial charge in [-0.25, -0.2) is 16.1 Å². The number of hydrogen-bond donors (Lipinski definition) is 3. The standard InChI is InChI=1S/C13H14N4O.C4H10O/c14-15-13(18)16-17(11-7-3-1-4-8-11)12-9-5-2-6-10-12;1-3-5-4-2/h1-10H,14H2,(H2,15,16,18);3-4H2,1-2H3. The zero-order valence-corrected chi connectivity index (χ0v) is 13.5. The highest BCUT2D eigenvalue weighted by atomic mass is 16.5. The van der Waals surface area contributed by atoms with Crippen molar-refractivity contribution in [3.8, 4) is 0 Å². The van der Waals surface area contributed by atoms with Crippen molar-refractivity contribution in [1.29, 1.82) is 0 Å². The fourth-order valence-corrected chi connectivity index (χ4v) is 1.77. The third-order valence-electron chi connectivity index (χ3n) is 2.78. The summed E-state index contributed by atoms with van der Waals surface area (Å²) in [6.07, 6.45) is 0. The number of benzene rings is 2. The van der Waals surface area contributed by atoms with Crippen LogP contribution < -0.4 is 21.7 Å². The molecular weight excluding hydrogens is 292 g/mol. The Hall–Kier alpha value is -2.57. The lowest BCUT2D eigenvalue weighted by molar-refractivity contribution is 0.162. The fourth-order valence-electron chi connectivity index (χ4n) is 1.77. The molecule has 0 bridgehead atoms. The van der Waals surface area contributed by atoms with Crippen molar-refractivity contribution >= 4 is 17.4 Å². The maximum atomic E-state index is 11.4. The van der Waals surface area contributed by atoms with Gasteiger partial charge in [0.05, 0.1) is 11.4 Å². The molecule has 2 aromatic carbocycles. The van der Waals surface area contributed by atoms with Gasteiger partial charge in [0, 0.05) is 13.2 Å². The Bertz CT molecular complexity index is 508. The van der Waals surface area contributed by atoms with Crippen LogP contribution in [-0.4, -0.2) is 19.2 Å². The van der Waals surface area contributed by atoms with E-state index in [0.29, 0.717) is 0 Å². The van der Waals surface area contributed by atoms with E-state index < -0.39 is 6.03 Å². The molecule has 124 valence electrons. The molecule has 0 saturated carbocycles. The number of anilines is 2. The summed E-state index contributed by atoms with van der Waals surface area (Å²) in [7, 11) is 0. The van der Waals surface area contributed by atoms with Crippen molar-refractivity contribution in [2.75, 3.05) is 18.2 Å². The molecule has 0 aliphatic heterocycles. The Labute approximate surface area is 137 Å². The molecule has 0 aromatic heterocycles. The molecule has 2 aromatic rings. The summed E-state index contributed by atoms with van der Waals surface area (Å²) in [5, 5.41) is 1.65. The summed E-state index contributed by atoms with van der Waals surface area (Å²) in [4.78, 5) is 11.4. The predicted molar refractivity (Wildman–Crippen MR) is 93.0 cm³/mol. The number of nitrogens with zero attached hydrogens (tertiary/aromatic N) is 1. The Morgan fingerprint density at radius 1 is 0.957 bits per heavy atom. The lowest BCUT2D eigenvalue weighted by atomic mass is 10.2. The van der Waals surface area contributed by atoms with Crippen LogP contribution in [0.5, 0.6) is 0 Å². The molecule has 2 amide bonds. The number of amides is 2. The van der Waals surface area contributed by atoms with Crippen molar-refractivity contribution in [3.05, 3.63) is 60.7 Å². The molecule has 0 heterocycles. The molecule has 0 atom stereocenters. The number of carbonyl (C=O) groups excluding carboxylic acids is 1. The maximum absolute atomic E-state index is 11.4. The van der Waals surface area contributed by atoms with Crippen LogP contribution in [0, 0.1) is 0 Å². The molecular formula is C17H24N4O2. The highest BCUT2D eigenvalue weighted by molar-refractivity contribution is 5.78. The van der Waals surface area contributed by atoms with Gasteiger partial charge in [-0.3, -0.25) is 10.4 Å². The molecule has 0 aliphatic rings. The van der Waals surface area contributed by atoms with E-state index in [1.54, 1.807) is 5.01 Å². The number of carbonyl (C=O) groups is 1. The Kier molecular flexibility index (Phi) is 8.88. The van der Waals surface area contributed by atoms with Crippen molar-refractivity contribution in [2.24, 2.45) is 5.84 Å². The van der Waals surface area contributed by atoms with Gasteiger partial charge in [0.25, 0.3) is 0 Å². The minimum atomic E-state index is -0.484. The van der Waals surface area contributed by atoms with Crippen LogP contribution in [0.2, 0.25) is 0 Å². The topological polar surface area (TPSA) is 79.6 Å². The molecule has 0 unspecified atom stereocenters. The van der Waals surface area contributed by atoms with E-state index in [-0.39, 0.29) is 0 Å². The highest BCUT2D eigenvalue weighted by Gasteiger charge is 2.10. The van der Waals surface area contributed by atoms with E-state index in [2.05, 4.69) is 5.43 Å². The van der Waals surface area contributed by atoms with Crippen LogP contribution in [0.25, 0.3) is 0 Å². The van der Waals surface area contributed by atoms with Gasteiger partial charge >= 0.3 is 6.03 Å². The van der Waals surface area contributed by atoms with E-state index in [0.717, 1.165) is 24.6 Å². The number of ether oxygens (including phenoxy) is 1. The highest BCUT2D eigenvalue weighted by Crippen LogP contribution is 2.22. The number of rotatable bonds is 5. The quantitative estimate of drug-likeness (QED) is 0.450. The average molecular weight is 316 g/mol. The number of hydrazine groups is 2. The van der Waals surface area contributed by atoms with Gasteiger partial charge in [-0.2, -0.15) is 0 Å². The summed E-state index contributed by atoms with van der Waals surface area (Å²) in [5.41, 5.74) is 6.38. The average Bonchev–Trinajstić information content (AvgIpc) is 2.62. The number of nitrogens with one attached hydrogen (secondary N) is 2. The summed E-state index contributed by atoms with van der Waals surface area (Å²) in [5.74, 6) is 5.09. The van der Waals surface area contributed by atoms with E-state index in [1.807, 2.05) is 79.9 Å². The van der Waals surface area contributed by atoms with Crippen LogP contribution in [0.3, 0.4) is 0 Å². The molecule has 4 N–H and O–H groups in total. The first kappa shape index (κ1) is 18.5. The first-order valence-corrected chi connectivity index (χ1v) is 7.48. The van der Waals surface area contributed by atoms with Gasteiger partial charge in [0.15, 0.2) is 0 Å². The lowest BCUT2D eigenvalue weighted by Gasteiger charge is -2.24. The van der Waals surface area contributed by atoms with Crippen LogP contribution in [-0.2, 0) is 4.74 Å². The van der Waals surface area contributed by atoms with Crippen molar-refractivity contribution < 1.29 is 9.53 Å². The molecule has 0 radical (unpaired) electrons. The number of nitrogens with two attached hydrogens (primary N) is 1. The Morgan fingerprint density at radius 3 is 1.70 bits per heavy atom.